The summed E-state index contributed by atoms with van der Waals surface area (Å²) >= 11 is 0. The molecule has 110 valence electrons. The smallest absolute Gasteiger partial charge is 0.315 e. The average molecular weight is 288 g/mol. The zero-order chi connectivity index (χ0) is 14.7. The topological polar surface area (TPSA) is 59.0 Å². The summed E-state index contributed by atoms with van der Waals surface area (Å²) in [6.45, 7) is 1.21. The van der Waals surface area contributed by atoms with Gasteiger partial charge in [0.2, 0.25) is 0 Å². The number of hydrogen-bond donors (Lipinski definition) is 2. The Morgan fingerprint density at radius 1 is 1.33 bits per heavy atom. The number of nitrogens with one attached hydrogen (secondary N) is 2. The Morgan fingerprint density at radius 3 is 2.95 bits per heavy atom. The quantitative estimate of drug-likeness (QED) is 0.905. The van der Waals surface area contributed by atoms with Crippen molar-refractivity contribution in [3.8, 4) is 0 Å². The van der Waals surface area contributed by atoms with Gasteiger partial charge < -0.3 is 10.6 Å². The first-order valence-corrected chi connectivity index (χ1v) is 7.00. The first-order chi connectivity index (χ1) is 10.2. The Balaban J connectivity index is 1.47. The fourth-order valence-corrected chi connectivity index (χ4v) is 2.51. The Kier molecular flexibility index (Phi) is 3.85. The van der Waals surface area contributed by atoms with Crippen LogP contribution >= 0.6 is 0 Å². The van der Waals surface area contributed by atoms with E-state index in [-0.39, 0.29) is 17.9 Å². The van der Waals surface area contributed by atoms with Gasteiger partial charge in [-0.3, -0.25) is 4.68 Å². The van der Waals surface area contributed by atoms with Crippen molar-refractivity contribution < 1.29 is 9.18 Å². The monoisotopic (exact) mass is 288 g/mol. The van der Waals surface area contributed by atoms with E-state index in [1.54, 1.807) is 18.3 Å². The number of rotatable bonds is 3. The number of halogens is 1. The lowest BCUT2D eigenvalue weighted by molar-refractivity contribution is 0.233. The van der Waals surface area contributed by atoms with E-state index >= 15 is 0 Å². The summed E-state index contributed by atoms with van der Waals surface area (Å²) in [6, 6.07) is 8.00. The van der Waals surface area contributed by atoms with Crippen LogP contribution in [0.2, 0.25) is 0 Å². The van der Waals surface area contributed by atoms with Gasteiger partial charge in [-0.1, -0.05) is 12.1 Å². The molecule has 1 atom stereocenters. The number of urea groups is 1. The van der Waals surface area contributed by atoms with E-state index in [4.69, 9.17) is 0 Å². The fourth-order valence-electron chi connectivity index (χ4n) is 2.51. The van der Waals surface area contributed by atoms with Crippen LogP contribution in [0.15, 0.2) is 36.5 Å². The molecule has 2 N–H and O–H groups in total. The van der Waals surface area contributed by atoms with Crippen LogP contribution in [0, 0.1) is 5.82 Å². The summed E-state index contributed by atoms with van der Waals surface area (Å²) in [6.07, 6.45) is 3.45. The normalized spacial score (nSPS) is 17.1. The molecule has 0 saturated heterocycles. The van der Waals surface area contributed by atoms with Gasteiger partial charge in [0.05, 0.1) is 0 Å². The van der Waals surface area contributed by atoms with Gasteiger partial charge in [0, 0.05) is 37.4 Å². The number of aromatic nitrogens is 2. The maximum absolute atomic E-state index is 12.8. The highest BCUT2D eigenvalue weighted by molar-refractivity contribution is 5.74. The number of benzene rings is 1. The summed E-state index contributed by atoms with van der Waals surface area (Å²) in [4.78, 5) is 11.9. The molecular formula is C15H17FN4O. The first-order valence-electron chi connectivity index (χ1n) is 7.00. The number of carbonyl (C=O) groups excluding carboxylic acids is 1. The summed E-state index contributed by atoms with van der Waals surface area (Å²) in [5.74, 6) is -0.276. The largest absolute Gasteiger partial charge is 0.335 e. The van der Waals surface area contributed by atoms with Gasteiger partial charge in [-0.25, -0.2) is 9.18 Å². The third kappa shape index (κ3) is 3.39. The van der Waals surface area contributed by atoms with E-state index in [1.807, 2.05) is 10.7 Å². The second-order valence-corrected chi connectivity index (χ2v) is 5.19. The van der Waals surface area contributed by atoms with Crippen LogP contribution in [0.3, 0.4) is 0 Å². The maximum atomic E-state index is 12.8. The Labute approximate surface area is 122 Å². The number of aryl methyl sites for hydroxylation is 1. The molecule has 2 heterocycles. The van der Waals surface area contributed by atoms with E-state index < -0.39 is 0 Å². The van der Waals surface area contributed by atoms with Gasteiger partial charge in [0.15, 0.2) is 0 Å². The lowest BCUT2D eigenvalue weighted by Crippen LogP contribution is -2.45. The molecule has 0 fully saturated rings. The lowest BCUT2D eigenvalue weighted by Gasteiger charge is -2.24. The molecule has 0 unspecified atom stereocenters. The molecule has 1 aromatic carbocycles. The highest BCUT2D eigenvalue weighted by atomic mass is 19.1. The molecule has 6 heteroatoms. The van der Waals surface area contributed by atoms with Gasteiger partial charge in [-0.15, -0.1) is 0 Å². The maximum Gasteiger partial charge on any atom is 0.315 e. The van der Waals surface area contributed by atoms with E-state index in [2.05, 4.69) is 15.7 Å². The Hall–Kier alpha value is -2.37. The van der Waals surface area contributed by atoms with E-state index in [1.165, 1.54) is 12.1 Å². The van der Waals surface area contributed by atoms with Crippen molar-refractivity contribution in [2.75, 3.05) is 0 Å². The van der Waals surface area contributed by atoms with Crippen molar-refractivity contribution in [1.82, 2.24) is 20.4 Å². The zero-order valence-electron chi connectivity index (χ0n) is 11.6. The molecule has 0 spiro atoms. The van der Waals surface area contributed by atoms with Crippen molar-refractivity contribution in [3.63, 3.8) is 0 Å². The van der Waals surface area contributed by atoms with Crippen molar-refractivity contribution in [1.29, 1.82) is 0 Å². The van der Waals surface area contributed by atoms with Gasteiger partial charge >= 0.3 is 6.03 Å². The van der Waals surface area contributed by atoms with Crippen LogP contribution in [0.1, 0.15) is 17.7 Å². The van der Waals surface area contributed by atoms with Crippen molar-refractivity contribution in [3.05, 3.63) is 53.6 Å². The van der Waals surface area contributed by atoms with Crippen LogP contribution in [0.4, 0.5) is 9.18 Å². The third-order valence-electron chi connectivity index (χ3n) is 3.65. The molecule has 1 aliphatic rings. The number of fused-ring (bicyclic) bond motifs is 1. The second-order valence-electron chi connectivity index (χ2n) is 5.19. The summed E-state index contributed by atoms with van der Waals surface area (Å²) in [5, 5.41) is 9.97. The molecule has 1 aromatic heterocycles. The molecule has 2 amide bonds. The van der Waals surface area contributed by atoms with E-state index in [0.717, 1.165) is 30.6 Å². The minimum atomic E-state index is -0.276. The summed E-state index contributed by atoms with van der Waals surface area (Å²) in [7, 11) is 0. The fraction of sp³-hybridized carbons (Fsp3) is 0.333. The van der Waals surface area contributed by atoms with Crippen LogP contribution < -0.4 is 10.6 Å². The molecule has 0 aliphatic carbocycles. The molecule has 3 rings (SSSR count). The predicted molar refractivity (Wildman–Crippen MR) is 76.1 cm³/mol. The number of hydrogen-bond acceptors (Lipinski definition) is 2. The van der Waals surface area contributed by atoms with E-state index in [9.17, 15) is 9.18 Å². The highest BCUT2D eigenvalue weighted by Crippen LogP contribution is 2.13. The van der Waals surface area contributed by atoms with Crippen molar-refractivity contribution in [2.24, 2.45) is 0 Å². The number of amides is 2. The summed E-state index contributed by atoms with van der Waals surface area (Å²) in [5.41, 5.74) is 2.01. The number of nitrogens with zero attached hydrogens (tertiary/aromatic N) is 2. The molecule has 5 nitrogen and oxygen atoms in total. The van der Waals surface area contributed by atoms with E-state index in [0.29, 0.717) is 6.54 Å². The molecule has 0 radical (unpaired) electrons. The van der Waals surface area contributed by atoms with Gasteiger partial charge in [0.1, 0.15) is 5.82 Å². The Morgan fingerprint density at radius 2 is 2.14 bits per heavy atom. The molecule has 2 aromatic rings. The van der Waals surface area contributed by atoms with Gasteiger partial charge in [0.25, 0.3) is 0 Å². The molecule has 1 aliphatic heterocycles. The SMILES string of the molecule is O=C(NCc1ccc(F)cc1)N[C@H]1CCn2nccc2C1. The van der Waals surface area contributed by atoms with Gasteiger partial charge in [-0.05, 0) is 30.2 Å². The number of carbonyl (C=O) groups is 1. The Bertz CT molecular complexity index is 623. The van der Waals surface area contributed by atoms with Crippen molar-refractivity contribution in [2.45, 2.75) is 32.0 Å². The zero-order valence-corrected chi connectivity index (χ0v) is 11.6. The van der Waals surface area contributed by atoms with Crippen LogP contribution in [0.25, 0.3) is 0 Å². The predicted octanol–water partition coefficient (Wildman–Crippen LogP) is 1.84. The van der Waals surface area contributed by atoms with Crippen LogP contribution in [-0.2, 0) is 19.5 Å². The van der Waals surface area contributed by atoms with Crippen LogP contribution in [-0.4, -0.2) is 21.9 Å². The third-order valence-corrected chi connectivity index (χ3v) is 3.65. The summed E-state index contributed by atoms with van der Waals surface area (Å²) < 4.78 is 14.7. The molecular weight excluding hydrogens is 271 g/mol. The minimum absolute atomic E-state index is 0.127. The molecule has 0 saturated carbocycles. The second kappa shape index (κ2) is 5.95. The highest BCUT2D eigenvalue weighted by Gasteiger charge is 2.20. The lowest BCUT2D eigenvalue weighted by atomic mass is 10.0. The average Bonchev–Trinajstić information content (AvgIpc) is 2.94. The minimum Gasteiger partial charge on any atom is -0.335 e. The van der Waals surface area contributed by atoms with Gasteiger partial charge in [-0.2, -0.15) is 5.10 Å². The first kappa shape index (κ1) is 13.6. The standard InChI is InChI=1S/C15H17FN4O/c16-12-3-1-11(2-4-12)10-17-15(21)19-13-6-8-20-14(9-13)5-7-18-20/h1-5,7,13H,6,8-10H2,(H2,17,19,21)/t13-/m0/s1. The molecule has 21 heavy (non-hydrogen) atoms. The molecule has 0 bridgehead atoms. The van der Waals surface area contributed by atoms with Crippen LogP contribution in [0.5, 0.6) is 0 Å². The van der Waals surface area contributed by atoms with Crippen molar-refractivity contribution >= 4 is 6.03 Å².